The number of ether oxygens (including phenoxy) is 1. The summed E-state index contributed by atoms with van der Waals surface area (Å²) in [6.07, 6.45) is 5.43. The summed E-state index contributed by atoms with van der Waals surface area (Å²) in [7, 11) is 0. The Morgan fingerprint density at radius 3 is 2.25 bits per heavy atom. The van der Waals surface area contributed by atoms with E-state index in [1.165, 1.54) is 5.57 Å². The first-order valence-electron chi connectivity index (χ1n) is 7.74. The van der Waals surface area contributed by atoms with Crippen molar-refractivity contribution in [2.24, 2.45) is 11.3 Å². The van der Waals surface area contributed by atoms with Gasteiger partial charge in [-0.25, -0.2) is 0 Å². The van der Waals surface area contributed by atoms with Gasteiger partial charge < -0.3 is 9.84 Å². The number of carboxylic acids is 1. The first-order chi connectivity index (χ1) is 9.12. The number of hydrogen-bond donors (Lipinski definition) is 1. The second kappa shape index (κ2) is 6.30. The van der Waals surface area contributed by atoms with Crippen molar-refractivity contribution in [1.29, 1.82) is 0 Å². The number of aliphatic carboxylic acids is 1. The van der Waals surface area contributed by atoms with Gasteiger partial charge in [0.15, 0.2) is 0 Å². The van der Waals surface area contributed by atoms with E-state index in [4.69, 9.17) is 4.74 Å². The zero-order valence-electron chi connectivity index (χ0n) is 13.8. The summed E-state index contributed by atoms with van der Waals surface area (Å²) in [4.78, 5) is 11.3. The SMILES string of the molecule is CC/C(=C\C(C)C)[C@@H](C)OC(C)(C)CC1(C(=O)O)CC1. The molecule has 1 N–H and O–H groups in total. The van der Waals surface area contributed by atoms with Gasteiger partial charge in [-0.3, -0.25) is 4.79 Å². The van der Waals surface area contributed by atoms with Gasteiger partial charge in [-0.2, -0.15) is 0 Å². The van der Waals surface area contributed by atoms with Crippen LogP contribution in [0.5, 0.6) is 0 Å². The standard InChI is InChI=1S/C17H30O3/c1-7-14(10-12(2)3)13(4)20-16(5,6)11-17(8-9-17)15(18)19/h10,12-13H,7-9,11H2,1-6H3,(H,18,19)/b14-10+/t13-/m1/s1. The van der Waals surface area contributed by atoms with Gasteiger partial charge in [0, 0.05) is 0 Å². The number of rotatable bonds is 8. The smallest absolute Gasteiger partial charge is 0.309 e. The molecule has 0 aromatic rings. The Morgan fingerprint density at radius 1 is 1.35 bits per heavy atom. The minimum atomic E-state index is -0.671. The van der Waals surface area contributed by atoms with Gasteiger partial charge in [0.1, 0.15) is 0 Å². The quantitative estimate of drug-likeness (QED) is 0.670. The Balaban J connectivity index is 2.68. The molecule has 0 aromatic heterocycles. The van der Waals surface area contributed by atoms with Crippen molar-refractivity contribution in [2.75, 3.05) is 0 Å². The molecule has 3 heteroatoms. The topological polar surface area (TPSA) is 46.5 Å². The van der Waals surface area contributed by atoms with E-state index in [-0.39, 0.29) is 6.10 Å². The molecule has 0 heterocycles. The van der Waals surface area contributed by atoms with Gasteiger partial charge in [0.25, 0.3) is 0 Å². The fourth-order valence-electron chi connectivity index (χ4n) is 3.00. The Labute approximate surface area is 123 Å². The Bertz CT molecular complexity index is 376. The number of allylic oxidation sites excluding steroid dienone is 1. The molecule has 1 fully saturated rings. The third-order valence-corrected chi connectivity index (χ3v) is 4.04. The maximum absolute atomic E-state index is 11.3. The van der Waals surface area contributed by atoms with Crippen molar-refractivity contribution in [1.82, 2.24) is 0 Å². The average molecular weight is 282 g/mol. The Morgan fingerprint density at radius 2 is 1.90 bits per heavy atom. The minimum absolute atomic E-state index is 0.0435. The fraction of sp³-hybridized carbons (Fsp3) is 0.824. The molecule has 1 atom stereocenters. The van der Waals surface area contributed by atoms with E-state index in [0.717, 1.165) is 19.3 Å². The van der Waals surface area contributed by atoms with Crippen LogP contribution in [-0.2, 0) is 9.53 Å². The third kappa shape index (κ3) is 4.62. The Hall–Kier alpha value is -0.830. The predicted molar refractivity (Wildman–Crippen MR) is 81.8 cm³/mol. The molecule has 0 amide bonds. The average Bonchev–Trinajstić information content (AvgIpc) is 3.04. The van der Waals surface area contributed by atoms with Crippen molar-refractivity contribution < 1.29 is 14.6 Å². The molecule has 1 saturated carbocycles. The van der Waals surface area contributed by atoms with Gasteiger partial charge in [-0.05, 0) is 57.9 Å². The number of carbonyl (C=O) groups is 1. The molecule has 1 aliphatic rings. The van der Waals surface area contributed by atoms with E-state index in [9.17, 15) is 9.90 Å². The molecule has 1 aliphatic carbocycles. The van der Waals surface area contributed by atoms with Crippen molar-refractivity contribution in [3.63, 3.8) is 0 Å². The summed E-state index contributed by atoms with van der Waals surface area (Å²) >= 11 is 0. The normalized spacial score (nSPS) is 20.1. The van der Waals surface area contributed by atoms with Crippen molar-refractivity contribution >= 4 is 5.97 Å². The first kappa shape index (κ1) is 17.2. The second-order valence-corrected chi connectivity index (χ2v) is 7.12. The second-order valence-electron chi connectivity index (χ2n) is 7.12. The van der Waals surface area contributed by atoms with Gasteiger partial charge >= 0.3 is 5.97 Å². The molecule has 0 aliphatic heterocycles. The highest BCUT2D eigenvalue weighted by Crippen LogP contribution is 2.52. The van der Waals surface area contributed by atoms with Crippen LogP contribution in [0.2, 0.25) is 0 Å². The van der Waals surface area contributed by atoms with Gasteiger partial charge in [0.05, 0.1) is 17.1 Å². The monoisotopic (exact) mass is 282 g/mol. The van der Waals surface area contributed by atoms with E-state index in [1.54, 1.807) is 0 Å². The van der Waals surface area contributed by atoms with Crippen LogP contribution in [0.15, 0.2) is 11.6 Å². The van der Waals surface area contributed by atoms with Crippen molar-refractivity contribution in [3.05, 3.63) is 11.6 Å². The van der Waals surface area contributed by atoms with Crippen LogP contribution >= 0.6 is 0 Å². The number of hydrogen-bond acceptors (Lipinski definition) is 2. The summed E-state index contributed by atoms with van der Waals surface area (Å²) < 4.78 is 6.19. The lowest BCUT2D eigenvalue weighted by Gasteiger charge is -2.32. The van der Waals surface area contributed by atoms with Crippen LogP contribution in [0.4, 0.5) is 0 Å². The molecular weight excluding hydrogens is 252 g/mol. The maximum atomic E-state index is 11.3. The summed E-state index contributed by atoms with van der Waals surface area (Å²) in [5.41, 5.74) is 0.366. The van der Waals surface area contributed by atoms with Gasteiger partial charge in [-0.15, -0.1) is 0 Å². The highest BCUT2D eigenvalue weighted by Gasteiger charge is 2.53. The summed E-state index contributed by atoms with van der Waals surface area (Å²) in [6.45, 7) is 12.6. The molecule has 0 aromatic carbocycles. The largest absolute Gasteiger partial charge is 0.481 e. The predicted octanol–water partition coefficient (Wildman–Crippen LogP) is 4.42. The summed E-state index contributed by atoms with van der Waals surface area (Å²) in [5, 5.41) is 9.31. The number of carboxylic acid groups (broad SMARTS) is 1. The lowest BCUT2D eigenvalue weighted by molar-refractivity contribution is -0.148. The lowest BCUT2D eigenvalue weighted by Crippen LogP contribution is -2.35. The van der Waals surface area contributed by atoms with Crippen molar-refractivity contribution in [3.8, 4) is 0 Å². The highest BCUT2D eigenvalue weighted by atomic mass is 16.5. The summed E-state index contributed by atoms with van der Waals surface area (Å²) in [5.74, 6) is -0.164. The van der Waals surface area contributed by atoms with E-state index in [2.05, 4.69) is 33.8 Å². The lowest BCUT2D eigenvalue weighted by atomic mass is 9.90. The molecule has 3 nitrogen and oxygen atoms in total. The maximum Gasteiger partial charge on any atom is 0.309 e. The van der Waals surface area contributed by atoms with Crippen molar-refractivity contribution in [2.45, 2.75) is 78.9 Å². The zero-order chi connectivity index (χ0) is 15.6. The molecule has 20 heavy (non-hydrogen) atoms. The van der Waals surface area contributed by atoms with Crippen LogP contribution < -0.4 is 0 Å². The van der Waals surface area contributed by atoms with Crippen LogP contribution in [0, 0.1) is 11.3 Å². The van der Waals surface area contributed by atoms with Crippen LogP contribution in [0.3, 0.4) is 0 Å². The third-order valence-electron chi connectivity index (χ3n) is 4.04. The molecule has 1 rings (SSSR count). The van der Waals surface area contributed by atoms with Crippen LogP contribution in [0.25, 0.3) is 0 Å². The fourth-order valence-corrected chi connectivity index (χ4v) is 3.00. The molecule has 0 spiro atoms. The molecular formula is C17H30O3. The van der Waals surface area contributed by atoms with Crippen LogP contribution in [-0.4, -0.2) is 22.8 Å². The molecule has 0 bridgehead atoms. The van der Waals surface area contributed by atoms with E-state index in [1.807, 2.05) is 13.8 Å². The minimum Gasteiger partial charge on any atom is -0.481 e. The molecule has 0 radical (unpaired) electrons. The summed E-state index contributed by atoms with van der Waals surface area (Å²) in [6, 6.07) is 0. The highest BCUT2D eigenvalue weighted by molar-refractivity contribution is 5.77. The molecule has 0 unspecified atom stereocenters. The van der Waals surface area contributed by atoms with Gasteiger partial charge in [-0.1, -0.05) is 26.8 Å². The Kier molecular flexibility index (Phi) is 5.42. The van der Waals surface area contributed by atoms with Gasteiger partial charge in [0.2, 0.25) is 0 Å². The van der Waals surface area contributed by atoms with E-state index in [0.29, 0.717) is 12.3 Å². The molecule has 0 saturated heterocycles. The van der Waals surface area contributed by atoms with Crippen LogP contribution in [0.1, 0.15) is 67.2 Å². The van der Waals surface area contributed by atoms with E-state index >= 15 is 0 Å². The molecule has 116 valence electrons. The van der Waals surface area contributed by atoms with E-state index < -0.39 is 17.0 Å². The first-order valence-corrected chi connectivity index (χ1v) is 7.74. The zero-order valence-corrected chi connectivity index (χ0v) is 13.8.